The third-order valence-electron chi connectivity index (χ3n) is 4.72. The van der Waals surface area contributed by atoms with Gasteiger partial charge in [0.25, 0.3) is 5.91 Å². The normalized spacial score (nSPS) is 12.6. The number of amides is 2. The summed E-state index contributed by atoms with van der Waals surface area (Å²) in [5.41, 5.74) is 17.8. The number of para-hydroxylation sites is 1. The Labute approximate surface area is 188 Å². The van der Waals surface area contributed by atoms with Crippen LogP contribution in [0.5, 0.6) is 5.75 Å². The second kappa shape index (κ2) is 9.48. The van der Waals surface area contributed by atoms with Crippen molar-refractivity contribution in [2.75, 3.05) is 10.6 Å². The molecule has 0 bridgehead atoms. The van der Waals surface area contributed by atoms with E-state index < -0.39 is 24.0 Å². The summed E-state index contributed by atoms with van der Waals surface area (Å²) in [5, 5.41) is 0.374. The highest BCUT2D eigenvalue weighted by Gasteiger charge is 2.27. The molecule has 2 aromatic carbocycles. The lowest BCUT2D eigenvalue weighted by Gasteiger charge is -2.26. The smallest absolute Gasteiger partial charge is 0.258 e. The molecule has 6 N–H and O–H groups in total. The lowest BCUT2D eigenvalue weighted by Crippen LogP contribution is -2.39. The summed E-state index contributed by atoms with van der Waals surface area (Å²) in [6, 6.07) is 14.6. The van der Waals surface area contributed by atoms with Gasteiger partial charge in [0, 0.05) is 11.3 Å². The predicted molar refractivity (Wildman–Crippen MR) is 123 cm³/mol. The van der Waals surface area contributed by atoms with Crippen molar-refractivity contribution in [3.8, 4) is 5.75 Å². The number of aromatic nitrogens is 1. The molecule has 9 nitrogen and oxygen atoms in total. The highest BCUT2D eigenvalue weighted by molar-refractivity contribution is 7.18. The van der Waals surface area contributed by atoms with Crippen LogP contribution in [0.1, 0.15) is 29.1 Å². The van der Waals surface area contributed by atoms with Crippen molar-refractivity contribution >= 4 is 45.6 Å². The second-order valence-electron chi connectivity index (χ2n) is 7.01. The van der Waals surface area contributed by atoms with Crippen molar-refractivity contribution in [2.24, 2.45) is 11.5 Å². The molecule has 0 saturated heterocycles. The molecule has 3 rings (SSSR count). The van der Waals surface area contributed by atoms with Crippen molar-refractivity contribution in [2.45, 2.75) is 26.0 Å². The maximum Gasteiger partial charge on any atom is 0.258 e. The number of nitrogens with zero attached hydrogens (tertiary/aromatic N) is 2. The maximum absolute atomic E-state index is 13.1. The number of thiazole rings is 1. The summed E-state index contributed by atoms with van der Waals surface area (Å²) >= 11 is 1.07. The average Bonchev–Trinajstić information content (AvgIpc) is 3.15. The van der Waals surface area contributed by atoms with Crippen LogP contribution in [-0.4, -0.2) is 34.7 Å². The van der Waals surface area contributed by atoms with E-state index in [9.17, 15) is 14.4 Å². The summed E-state index contributed by atoms with van der Waals surface area (Å²) in [6.45, 7) is 3.19. The van der Waals surface area contributed by atoms with Gasteiger partial charge in [0.1, 0.15) is 22.5 Å². The molecule has 1 heterocycles. The molecule has 0 aliphatic rings. The Hall–Kier alpha value is -3.92. The SMILES string of the molecule is CC(Oc1ccc(C(=O)c2sc(N(c3ccccc3)C(C)C(N)=O)nc2N)cc1)C(N)=O. The number of benzene rings is 2. The molecule has 0 spiro atoms. The summed E-state index contributed by atoms with van der Waals surface area (Å²) in [7, 11) is 0. The van der Waals surface area contributed by atoms with Crippen LogP contribution in [-0.2, 0) is 9.59 Å². The number of hydrogen-bond donors (Lipinski definition) is 3. The van der Waals surface area contributed by atoms with Crippen molar-refractivity contribution in [1.82, 2.24) is 4.98 Å². The molecule has 0 radical (unpaired) electrons. The van der Waals surface area contributed by atoms with Crippen LogP contribution in [0.15, 0.2) is 54.6 Å². The zero-order valence-corrected chi connectivity index (χ0v) is 18.3. The number of rotatable bonds is 9. The molecule has 1 aromatic heterocycles. The fraction of sp³-hybridized carbons (Fsp3) is 0.182. The fourth-order valence-corrected chi connectivity index (χ4v) is 3.93. The van der Waals surface area contributed by atoms with Crippen LogP contribution in [0.3, 0.4) is 0 Å². The van der Waals surface area contributed by atoms with Crippen molar-refractivity contribution in [1.29, 1.82) is 0 Å². The molecule has 2 amide bonds. The molecule has 32 heavy (non-hydrogen) atoms. The van der Waals surface area contributed by atoms with Crippen LogP contribution < -0.4 is 26.8 Å². The minimum atomic E-state index is -0.799. The molecule has 10 heteroatoms. The Balaban J connectivity index is 1.90. The van der Waals surface area contributed by atoms with E-state index in [-0.39, 0.29) is 16.5 Å². The minimum absolute atomic E-state index is 0.0512. The summed E-state index contributed by atoms with van der Waals surface area (Å²) in [6.07, 6.45) is -0.799. The van der Waals surface area contributed by atoms with Crippen LogP contribution >= 0.6 is 11.3 Å². The van der Waals surface area contributed by atoms with Crippen LogP contribution in [0, 0.1) is 0 Å². The van der Waals surface area contributed by atoms with Gasteiger partial charge in [-0.05, 0) is 50.2 Å². The lowest BCUT2D eigenvalue weighted by molar-refractivity contribution is -0.124. The zero-order chi connectivity index (χ0) is 23.4. The number of carbonyl (C=O) groups excluding carboxylic acids is 3. The number of primary amides is 2. The number of anilines is 3. The monoisotopic (exact) mass is 453 g/mol. The maximum atomic E-state index is 13.1. The first-order chi connectivity index (χ1) is 15.2. The summed E-state index contributed by atoms with van der Waals surface area (Å²) in [4.78, 5) is 42.3. The standard InChI is InChI=1S/C22H23N5O4S/c1-12(20(24)29)27(15-6-4-3-5-7-15)22-26-19(23)18(32-22)17(28)14-8-10-16(11-9-14)31-13(2)21(25)30/h3-13H,23H2,1-2H3,(H2,24,29)(H2,25,30). The number of hydrogen-bond acceptors (Lipinski definition) is 8. The molecule has 166 valence electrons. The van der Waals surface area contributed by atoms with E-state index in [0.717, 1.165) is 11.3 Å². The lowest BCUT2D eigenvalue weighted by atomic mass is 10.1. The van der Waals surface area contributed by atoms with Crippen LogP contribution in [0.2, 0.25) is 0 Å². The number of ether oxygens (including phenoxy) is 1. The molecule has 2 atom stereocenters. The Morgan fingerprint density at radius 3 is 2.16 bits per heavy atom. The molecule has 0 fully saturated rings. The predicted octanol–water partition coefficient (Wildman–Crippen LogP) is 2.22. The topological polar surface area (TPSA) is 155 Å². The fourth-order valence-electron chi connectivity index (χ4n) is 2.88. The quantitative estimate of drug-likeness (QED) is 0.420. The third kappa shape index (κ3) is 4.86. The highest BCUT2D eigenvalue weighted by Crippen LogP contribution is 2.35. The van der Waals surface area contributed by atoms with Gasteiger partial charge >= 0.3 is 0 Å². The number of ketones is 1. The Morgan fingerprint density at radius 2 is 1.59 bits per heavy atom. The van der Waals surface area contributed by atoms with Gasteiger partial charge in [0.2, 0.25) is 11.7 Å². The van der Waals surface area contributed by atoms with Gasteiger partial charge in [0.15, 0.2) is 11.2 Å². The minimum Gasteiger partial charge on any atom is -0.481 e. The molecular formula is C22H23N5O4S. The summed E-state index contributed by atoms with van der Waals surface area (Å²) < 4.78 is 5.40. The van der Waals surface area contributed by atoms with Crippen LogP contribution in [0.4, 0.5) is 16.6 Å². The largest absolute Gasteiger partial charge is 0.481 e. The molecule has 0 aliphatic heterocycles. The van der Waals surface area contributed by atoms with Gasteiger partial charge in [0.05, 0.1) is 0 Å². The first-order valence-electron chi connectivity index (χ1n) is 9.69. The van der Waals surface area contributed by atoms with Gasteiger partial charge in [-0.2, -0.15) is 0 Å². The highest BCUT2D eigenvalue weighted by atomic mass is 32.1. The van der Waals surface area contributed by atoms with E-state index in [1.54, 1.807) is 36.1 Å². The Morgan fingerprint density at radius 1 is 0.969 bits per heavy atom. The first-order valence-corrected chi connectivity index (χ1v) is 10.5. The van der Waals surface area contributed by atoms with Crippen molar-refractivity contribution in [3.05, 3.63) is 65.0 Å². The van der Waals surface area contributed by atoms with E-state index >= 15 is 0 Å². The molecule has 3 aromatic rings. The van der Waals surface area contributed by atoms with E-state index in [0.29, 0.717) is 22.1 Å². The Kier molecular flexibility index (Phi) is 6.74. The van der Waals surface area contributed by atoms with Crippen molar-refractivity contribution in [3.63, 3.8) is 0 Å². The second-order valence-corrected chi connectivity index (χ2v) is 7.99. The van der Waals surface area contributed by atoms with Gasteiger partial charge in [-0.15, -0.1) is 0 Å². The van der Waals surface area contributed by atoms with Gasteiger partial charge in [-0.1, -0.05) is 29.5 Å². The summed E-state index contributed by atoms with van der Waals surface area (Å²) in [5.74, 6) is -1.02. The van der Waals surface area contributed by atoms with Gasteiger partial charge in [-0.25, -0.2) is 4.98 Å². The van der Waals surface area contributed by atoms with E-state index in [4.69, 9.17) is 21.9 Å². The van der Waals surface area contributed by atoms with Crippen molar-refractivity contribution < 1.29 is 19.1 Å². The van der Waals surface area contributed by atoms with Crippen LogP contribution in [0.25, 0.3) is 0 Å². The third-order valence-corrected chi connectivity index (χ3v) is 5.79. The molecule has 0 aliphatic carbocycles. The van der Waals surface area contributed by atoms with E-state index in [1.165, 1.54) is 6.92 Å². The van der Waals surface area contributed by atoms with E-state index in [2.05, 4.69) is 4.98 Å². The molecule has 2 unspecified atom stereocenters. The first kappa shape index (κ1) is 22.8. The average molecular weight is 454 g/mol. The van der Waals surface area contributed by atoms with Gasteiger partial charge < -0.3 is 26.8 Å². The van der Waals surface area contributed by atoms with Gasteiger partial charge in [-0.3, -0.25) is 14.4 Å². The number of nitrogens with two attached hydrogens (primary N) is 3. The van der Waals surface area contributed by atoms with E-state index in [1.807, 2.05) is 30.3 Å². The molecule has 0 saturated carbocycles. The Bertz CT molecular complexity index is 1130. The zero-order valence-electron chi connectivity index (χ0n) is 17.5. The number of nitrogen functional groups attached to an aromatic ring is 1. The molecular weight excluding hydrogens is 430 g/mol. The number of carbonyl (C=O) groups is 3.